The minimum absolute atomic E-state index is 0.0807. The van der Waals surface area contributed by atoms with E-state index in [0.29, 0.717) is 11.0 Å². The van der Waals surface area contributed by atoms with E-state index in [4.69, 9.17) is 0 Å². The smallest absolute Gasteiger partial charge is 0.265 e. The predicted octanol–water partition coefficient (Wildman–Crippen LogP) is 1.55. The average Bonchev–Trinajstić information content (AvgIpc) is 3.02. The maximum Gasteiger partial charge on any atom is 0.265 e. The molecule has 0 saturated carbocycles. The van der Waals surface area contributed by atoms with Crippen LogP contribution in [0.5, 0.6) is 0 Å². The van der Waals surface area contributed by atoms with Crippen LogP contribution in [0.1, 0.15) is 19.9 Å². The summed E-state index contributed by atoms with van der Waals surface area (Å²) in [5.41, 5.74) is 0.860. The number of anilines is 1. The fraction of sp³-hybridized carbons (Fsp3) is 0.308. The van der Waals surface area contributed by atoms with Gasteiger partial charge in [0.15, 0.2) is 5.82 Å². The summed E-state index contributed by atoms with van der Waals surface area (Å²) >= 11 is 0. The maximum atomic E-state index is 12.6. The van der Waals surface area contributed by atoms with Crippen molar-refractivity contribution in [2.24, 2.45) is 7.05 Å². The summed E-state index contributed by atoms with van der Waals surface area (Å²) in [6.45, 7) is 3.93. The van der Waals surface area contributed by atoms with E-state index in [9.17, 15) is 8.42 Å². The minimum Gasteiger partial charge on any atom is -0.268 e. The van der Waals surface area contributed by atoms with Gasteiger partial charge in [0.25, 0.3) is 10.0 Å². The van der Waals surface area contributed by atoms with Gasteiger partial charge in [0.05, 0.1) is 0 Å². The van der Waals surface area contributed by atoms with Crippen LogP contribution in [0, 0.1) is 0 Å². The van der Waals surface area contributed by atoms with Gasteiger partial charge in [-0.1, -0.05) is 6.07 Å². The lowest BCUT2D eigenvalue weighted by Crippen LogP contribution is -2.14. The SMILES string of the molecule is CC(C)n1ccc(NS(=O)(=O)c2cccc3nn(C)nc23)n1. The zero-order valence-electron chi connectivity index (χ0n) is 12.4. The zero-order chi connectivity index (χ0) is 15.9. The lowest BCUT2D eigenvalue weighted by Gasteiger charge is -2.06. The molecule has 0 saturated heterocycles. The molecule has 0 atom stereocenters. The fourth-order valence-corrected chi connectivity index (χ4v) is 3.26. The van der Waals surface area contributed by atoms with E-state index in [1.807, 2.05) is 13.8 Å². The third kappa shape index (κ3) is 2.54. The first kappa shape index (κ1) is 14.5. The number of nitrogens with zero attached hydrogens (tertiary/aromatic N) is 5. The molecule has 0 amide bonds. The summed E-state index contributed by atoms with van der Waals surface area (Å²) in [4.78, 5) is 1.43. The number of hydrogen-bond acceptors (Lipinski definition) is 5. The van der Waals surface area contributed by atoms with Gasteiger partial charge < -0.3 is 0 Å². The molecule has 0 spiro atoms. The van der Waals surface area contributed by atoms with Gasteiger partial charge in [0, 0.05) is 25.4 Å². The van der Waals surface area contributed by atoms with Crippen molar-refractivity contribution in [3.05, 3.63) is 30.5 Å². The molecule has 8 nitrogen and oxygen atoms in total. The van der Waals surface area contributed by atoms with E-state index >= 15 is 0 Å². The molecule has 1 aromatic carbocycles. The van der Waals surface area contributed by atoms with E-state index < -0.39 is 10.0 Å². The summed E-state index contributed by atoms with van der Waals surface area (Å²) < 4.78 is 29.3. The molecule has 0 radical (unpaired) electrons. The predicted molar refractivity (Wildman–Crippen MR) is 81.9 cm³/mol. The molecule has 22 heavy (non-hydrogen) atoms. The van der Waals surface area contributed by atoms with Crippen molar-refractivity contribution >= 4 is 26.9 Å². The molecule has 0 unspecified atom stereocenters. The lowest BCUT2D eigenvalue weighted by molar-refractivity contribution is 0.534. The summed E-state index contributed by atoms with van der Waals surface area (Å²) in [6.07, 6.45) is 1.73. The third-order valence-electron chi connectivity index (χ3n) is 3.14. The van der Waals surface area contributed by atoms with E-state index in [1.54, 1.807) is 36.1 Å². The number of sulfonamides is 1. The number of hydrogen-bond donors (Lipinski definition) is 1. The Kier molecular flexibility index (Phi) is 3.36. The van der Waals surface area contributed by atoms with E-state index in [0.717, 1.165) is 0 Å². The molecular weight excluding hydrogens is 304 g/mol. The van der Waals surface area contributed by atoms with Crippen molar-refractivity contribution in [2.45, 2.75) is 24.8 Å². The molecule has 3 rings (SSSR count). The largest absolute Gasteiger partial charge is 0.268 e. The van der Waals surface area contributed by atoms with E-state index in [2.05, 4.69) is 20.0 Å². The van der Waals surface area contributed by atoms with Crippen molar-refractivity contribution in [2.75, 3.05) is 4.72 Å². The second kappa shape index (κ2) is 5.09. The molecule has 0 aliphatic carbocycles. The number of benzene rings is 1. The third-order valence-corrected chi connectivity index (χ3v) is 4.53. The number of nitrogens with one attached hydrogen (secondary N) is 1. The van der Waals surface area contributed by atoms with Crippen LogP contribution >= 0.6 is 0 Å². The highest BCUT2D eigenvalue weighted by Gasteiger charge is 2.21. The highest BCUT2D eigenvalue weighted by molar-refractivity contribution is 7.93. The molecule has 1 N–H and O–H groups in total. The normalized spacial score (nSPS) is 12.2. The van der Waals surface area contributed by atoms with E-state index in [-0.39, 0.29) is 16.8 Å². The van der Waals surface area contributed by atoms with Crippen molar-refractivity contribution < 1.29 is 8.42 Å². The summed E-state index contributed by atoms with van der Waals surface area (Å²) in [6, 6.07) is 6.63. The van der Waals surface area contributed by atoms with Crippen LogP contribution in [-0.4, -0.2) is 33.2 Å². The minimum atomic E-state index is -3.78. The van der Waals surface area contributed by atoms with Crippen molar-refractivity contribution in [3.63, 3.8) is 0 Å². The molecule has 2 heterocycles. The monoisotopic (exact) mass is 320 g/mol. The Bertz CT molecular complexity index is 925. The number of fused-ring (bicyclic) bond motifs is 1. The number of aromatic nitrogens is 5. The number of aryl methyl sites for hydroxylation is 1. The first-order chi connectivity index (χ1) is 10.4. The van der Waals surface area contributed by atoms with E-state index in [1.165, 1.54) is 10.9 Å². The second-order valence-electron chi connectivity index (χ2n) is 5.19. The highest BCUT2D eigenvalue weighted by Crippen LogP contribution is 2.22. The molecule has 0 bridgehead atoms. The maximum absolute atomic E-state index is 12.6. The van der Waals surface area contributed by atoms with Crippen LogP contribution in [0.3, 0.4) is 0 Å². The van der Waals surface area contributed by atoms with Gasteiger partial charge in [-0.05, 0) is 26.0 Å². The average molecular weight is 320 g/mol. The van der Waals surface area contributed by atoms with Gasteiger partial charge in [-0.25, -0.2) is 8.42 Å². The van der Waals surface area contributed by atoms with Gasteiger partial charge >= 0.3 is 0 Å². The van der Waals surface area contributed by atoms with Crippen LogP contribution in [0.4, 0.5) is 5.82 Å². The Balaban J connectivity index is 2.00. The first-order valence-corrected chi connectivity index (χ1v) is 8.23. The Morgan fingerprint density at radius 1 is 1.14 bits per heavy atom. The Labute approximate surface area is 127 Å². The topological polar surface area (TPSA) is 94.7 Å². The van der Waals surface area contributed by atoms with Crippen molar-refractivity contribution in [1.82, 2.24) is 24.8 Å². The van der Waals surface area contributed by atoms with Crippen LogP contribution in [0.15, 0.2) is 35.4 Å². The molecule has 0 aliphatic heterocycles. The van der Waals surface area contributed by atoms with Gasteiger partial charge in [-0.3, -0.25) is 9.40 Å². The zero-order valence-corrected chi connectivity index (χ0v) is 13.2. The van der Waals surface area contributed by atoms with Crippen molar-refractivity contribution in [1.29, 1.82) is 0 Å². The summed E-state index contributed by atoms with van der Waals surface area (Å²) in [7, 11) is -2.13. The standard InChI is InChI=1S/C13H16N6O2S/c1-9(2)19-8-7-12(15-19)17-22(20,21)11-6-4-5-10-13(11)16-18(3)14-10/h4-9H,1-3H3,(H,15,17). The molecule has 0 aliphatic rings. The van der Waals surface area contributed by atoms with Gasteiger partial charge in [-0.15, -0.1) is 0 Å². The summed E-state index contributed by atoms with van der Waals surface area (Å²) in [5.74, 6) is 0.273. The first-order valence-electron chi connectivity index (χ1n) is 6.75. The van der Waals surface area contributed by atoms with Crippen LogP contribution in [0.25, 0.3) is 11.0 Å². The fourth-order valence-electron chi connectivity index (χ4n) is 2.10. The van der Waals surface area contributed by atoms with Gasteiger partial charge in [-0.2, -0.15) is 20.1 Å². The highest BCUT2D eigenvalue weighted by atomic mass is 32.2. The summed E-state index contributed by atoms with van der Waals surface area (Å²) in [5, 5.41) is 12.4. The Morgan fingerprint density at radius 2 is 1.91 bits per heavy atom. The van der Waals surface area contributed by atoms with Gasteiger partial charge in [0.2, 0.25) is 0 Å². The second-order valence-corrected chi connectivity index (χ2v) is 6.84. The van der Waals surface area contributed by atoms with Crippen LogP contribution < -0.4 is 4.72 Å². The molecular formula is C13H16N6O2S. The molecule has 9 heteroatoms. The quantitative estimate of drug-likeness (QED) is 0.787. The molecule has 0 fully saturated rings. The van der Waals surface area contributed by atoms with Crippen molar-refractivity contribution in [3.8, 4) is 0 Å². The number of rotatable bonds is 4. The van der Waals surface area contributed by atoms with Crippen LogP contribution in [0.2, 0.25) is 0 Å². The Hall–Kier alpha value is -2.42. The molecule has 2 aromatic heterocycles. The molecule has 116 valence electrons. The Morgan fingerprint density at radius 3 is 2.59 bits per heavy atom. The van der Waals surface area contributed by atoms with Gasteiger partial charge in [0.1, 0.15) is 15.9 Å². The lowest BCUT2D eigenvalue weighted by atomic mass is 10.3. The molecule has 3 aromatic rings. The van der Waals surface area contributed by atoms with Crippen LogP contribution in [-0.2, 0) is 17.1 Å².